The number of nitrogens with zero attached hydrogens (tertiary/aromatic N) is 4. The topological polar surface area (TPSA) is 101 Å². The smallest absolute Gasteiger partial charge is 0.225 e. The average molecular weight is 361 g/mol. The second-order valence-corrected chi connectivity index (χ2v) is 5.50. The number of aromatic amines is 1. The fourth-order valence-corrected chi connectivity index (χ4v) is 2.24. The lowest BCUT2D eigenvalue weighted by Crippen LogP contribution is -2.19. The van der Waals surface area contributed by atoms with E-state index in [0.717, 1.165) is 18.1 Å². The van der Waals surface area contributed by atoms with Gasteiger partial charge in [0.15, 0.2) is 17.5 Å². The first kappa shape index (κ1) is 17.7. The molecule has 3 aromatic heterocycles. The summed E-state index contributed by atoms with van der Waals surface area (Å²) in [6.45, 7) is 2.06. The number of methoxy groups -OCH3 is 1. The van der Waals surface area contributed by atoms with Crippen LogP contribution in [0.4, 0.5) is 26.4 Å². The van der Waals surface area contributed by atoms with Crippen molar-refractivity contribution in [2.24, 2.45) is 0 Å². The predicted octanol–water partition coefficient (Wildman–Crippen LogP) is 2.72. The van der Waals surface area contributed by atoms with E-state index in [9.17, 15) is 8.78 Å². The van der Waals surface area contributed by atoms with E-state index in [4.69, 9.17) is 4.74 Å². The summed E-state index contributed by atoms with van der Waals surface area (Å²) in [4.78, 5) is 12.1. The van der Waals surface area contributed by atoms with Crippen molar-refractivity contribution in [2.75, 3.05) is 24.4 Å². The van der Waals surface area contributed by atoms with E-state index in [0.29, 0.717) is 11.5 Å². The maximum absolute atomic E-state index is 14.0. The lowest BCUT2D eigenvalue weighted by Gasteiger charge is -2.17. The molecule has 8 nitrogen and oxygen atoms in total. The summed E-state index contributed by atoms with van der Waals surface area (Å²) in [5.41, 5.74) is 1.36. The third-order valence-corrected chi connectivity index (χ3v) is 3.44. The van der Waals surface area contributed by atoms with Crippen LogP contribution in [-0.4, -0.2) is 38.9 Å². The van der Waals surface area contributed by atoms with Gasteiger partial charge < -0.3 is 15.4 Å². The number of ether oxygens (including phenoxy) is 1. The van der Waals surface area contributed by atoms with Crippen LogP contribution in [0.2, 0.25) is 0 Å². The second kappa shape index (κ2) is 7.83. The average Bonchev–Trinajstić information content (AvgIpc) is 3.03. The van der Waals surface area contributed by atoms with Crippen LogP contribution in [0.1, 0.15) is 17.4 Å². The standard InChI is InChI=1S/C16H17F2N7O/c1-9-5-14(25-24-9)22-15-11(18)7-20-16(23-15)21-13(8-26-2)12-4-3-10(17)6-19-12/h3-7,13H,8H2,1-2H3,(H3,20,21,22,23,24,25). The maximum atomic E-state index is 14.0. The molecule has 10 heteroatoms. The Morgan fingerprint density at radius 2 is 2.08 bits per heavy atom. The Bertz CT molecular complexity index is 869. The molecule has 0 spiro atoms. The predicted molar refractivity (Wildman–Crippen MR) is 91.0 cm³/mol. The number of aryl methyl sites for hydroxylation is 1. The Hall–Kier alpha value is -3.14. The molecule has 3 rings (SSSR count). The van der Waals surface area contributed by atoms with Crippen LogP contribution in [0.25, 0.3) is 0 Å². The van der Waals surface area contributed by atoms with Crippen LogP contribution in [0.5, 0.6) is 0 Å². The number of anilines is 3. The monoisotopic (exact) mass is 361 g/mol. The molecular formula is C16H17F2N7O. The van der Waals surface area contributed by atoms with Crippen LogP contribution in [-0.2, 0) is 4.74 Å². The van der Waals surface area contributed by atoms with Gasteiger partial charge in [0.05, 0.1) is 30.7 Å². The SMILES string of the molecule is COCC(Nc1ncc(F)c(Nc2cc(C)[nH]n2)n1)c1ccc(F)cn1. The van der Waals surface area contributed by atoms with E-state index in [1.54, 1.807) is 6.07 Å². The van der Waals surface area contributed by atoms with E-state index in [1.807, 2.05) is 6.92 Å². The highest BCUT2D eigenvalue weighted by molar-refractivity contribution is 5.53. The molecule has 0 bridgehead atoms. The van der Waals surface area contributed by atoms with Crippen molar-refractivity contribution in [3.05, 3.63) is 53.6 Å². The van der Waals surface area contributed by atoms with Gasteiger partial charge in [-0.1, -0.05) is 0 Å². The molecule has 0 saturated heterocycles. The van der Waals surface area contributed by atoms with Gasteiger partial charge in [-0.2, -0.15) is 10.1 Å². The number of aromatic nitrogens is 5. The number of nitrogens with one attached hydrogen (secondary N) is 3. The fourth-order valence-electron chi connectivity index (χ4n) is 2.24. The number of H-pyrrole nitrogens is 1. The molecule has 26 heavy (non-hydrogen) atoms. The van der Waals surface area contributed by atoms with E-state index in [-0.39, 0.29) is 18.4 Å². The zero-order chi connectivity index (χ0) is 18.5. The van der Waals surface area contributed by atoms with Gasteiger partial charge in [0.1, 0.15) is 5.82 Å². The van der Waals surface area contributed by atoms with Gasteiger partial charge in [-0.05, 0) is 19.1 Å². The molecule has 0 aliphatic carbocycles. The normalized spacial score (nSPS) is 12.0. The van der Waals surface area contributed by atoms with Crippen LogP contribution >= 0.6 is 0 Å². The van der Waals surface area contributed by atoms with E-state index in [1.165, 1.54) is 19.2 Å². The molecule has 0 aliphatic rings. The molecule has 3 N–H and O–H groups in total. The van der Waals surface area contributed by atoms with Crippen molar-refractivity contribution in [2.45, 2.75) is 13.0 Å². The molecule has 0 amide bonds. The highest BCUT2D eigenvalue weighted by Crippen LogP contribution is 2.20. The van der Waals surface area contributed by atoms with Crippen molar-refractivity contribution in [1.82, 2.24) is 25.1 Å². The van der Waals surface area contributed by atoms with Gasteiger partial charge in [0, 0.05) is 18.9 Å². The second-order valence-electron chi connectivity index (χ2n) is 5.50. The number of halogens is 2. The first-order valence-electron chi connectivity index (χ1n) is 7.73. The first-order valence-corrected chi connectivity index (χ1v) is 7.73. The first-order chi connectivity index (χ1) is 12.5. The molecule has 1 atom stereocenters. The van der Waals surface area contributed by atoms with Crippen molar-refractivity contribution in [3.8, 4) is 0 Å². The highest BCUT2D eigenvalue weighted by atomic mass is 19.1. The minimum absolute atomic E-state index is 0.0303. The van der Waals surface area contributed by atoms with Crippen molar-refractivity contribution >= 4 is 17.6 Å². The fraction of sp³-hybridized carbons (Fsp3) is 0.250. The van der Waals surface area contributed by atoms with Crippen LogP contribution in [0, 0.1) is 18.6 Å². The summed E-state index contributed by atoms with van der Waals surface area (Å²) in [5, 5.41) is 12.5. The number of hydrogen-bond donors (Lipinski definition) is 3. The van der Waals surface area contributed by atoms with E-state index >= 15 is 0 Å². The Labute approximate surface area is 148 Å². The van der Waals surface area contributed by atoms with Gasteiger partial charge in [0.2, 0.25) is 5.95 Å². The molecule has 0 radical (unpaired) electrons. The van der Waals surface area contributed by atoms with Crippen LogP contribution in [0.3, 0.4) is 0 Å². The minimum atomic E-state index is -0.626. The Kier molecular flexibility index (Phi) is 5.32. The summed E-state index contributed by atoms with van der Waals surface area (Å²) < 4.78 is 32.2. The number of rotatable bonds is 7. The van der Waals surface area contributed by atoms with Crippen molar-refractivity contribution in [3.63, 3.8) is 0 Å². The van der Waals surface area contributed by atoms with Crippen molar-refractivity contribution < 1.29 is 13.5 Å². The number of hydrogen-bond acceptors (Lipinski definition) is 7. The molecule has 0 saturated carbocycles. The third-order valence-electron chi connectivity index (χ3n) is 3.44. The summed E-state index contributed by atoms with van der Waals surface area (Å²) >= 11 is 0. The summed E-state index contributed by atoms with van der Waals surface area (Å²) in [7, 11) is 1.52. The largest absolute Gasteiger partial charge is 0.382 e. The summed E-state index contributed by atoms with van der Waals surface area (Å²) in [5.74, 6) is -0.505. The zero-order valence-corrected chi connectivity index (χ0v) is 14.1. The lowest BCUT2D eigenvalue weighted by atomic mass is 10.2. The molecule has 3 aromatic rings. The van der Waals surface area contributed by atoms with Gasteiger partial charge in [-0.25, -0.2) is 13.8 Å². The summed E-state index contributed by atoms with van der Waals surface area (Å²) in [6.07, 6.45) is 2.15. The van der Waals surface area contributed by atoms with Gasteiger partial charge in [-0.15, -0.1) is 0 Å². The highest BCUT2D eigenvalue weighted by Gasteiger charge is 2.16. The zero-order valence-electron chi connectivity index (χ0n) is 14.1. The Balaban J connectivity index is 1.80. The third kappa shape index (κ3) is 4.28. The van der Waals surface area contributed by atoms with Gasteiger partial charge in [0.25, 0.3) is 0 Å². The quantitative estimate of drug-likeness (QED) is 0.595. The van der Waals surface area contributed by atoms with Crippen LogP contribution < -0.4 is 10.6 Å². The Morgan fingerprint density at radius 3 is 2.73 bits per heavy atom. The molecule has 0 fully saturated rings. The molecule has 0 aliphatic heterocycles. The van der Waals surface area contributed by atoms with Gasteiger partial charge >= 0.3 is 0 Å². The van der Waals surface area contributed by atoms with Crippen molar-refractivity contribution in [1.29, 1.82) is 0 Å². The number of pyridine rings is 1. The minimum Gasteiger partial charge on any atom is -0.382 e. The molecule has 0 aromatic carbocycles. The molecule has 1 unspecified atom stereocenters. The lowest BCUT2D eigenvalue weighted by molar-refractivity contribution is 0.185. The van der Waals surface area contributed by atoms with Crippen LogP contribution in [0.15, 0.2) is 30.6 Å². The van der Waals surface area contributed by atoms with Gasteiger partial charge in [-0.3, -0.25) is 10.1 Å². The molecule has 136 valence electrons. The Morgan fingerprint density at radius 1 is 1.23 bits per heavy atom. The van der Waals surface area contributed by atoms with E-state index < -0.39 is 17.7 Å². The maximum Gasteiger partial charge on any atom is 0.225 e. The molecule has 3 heterocycles. The van der Waals surface area contributed by atoms with E-state index in [2.05, 4.69) is 35.8 Å². The summed E-state index contributed by atoms with van der Waals surface area (Å²) in [6, 6.07) is 4.10. The molecular weight excluding hydrogens is 344 g/mol.